The molecule has 5 nitrogen and oxygen atoms in total. The van der Waals surface area contributed by atoms with Crippen molar-refractivity contribution in [2.75, 3.05) is 12.8 Å². The molecule has 0 amide bonds. The van der Waals surface area contributed by atoms with Crippen LogP contribution in [0, 0.1) is 0 Å². The van der Waals surface area contributed by atoms with E-state index in [1.165, 1.54) is 4.31 Å². The molecule has 86 valence electrons. The van der Waals surface area contributed by atoms with Crippen molar-refractivity contribution >= 4 is 10.0 Å². The predicted octanol–water partition coefficient (Wildman–Crippen LogP) is 0.592. The standard InChI is InChI=1S/C9H17N3O2S/c1-4-7-15(13,14)12(3)8-9-10-5-6-11(9)2/h5-6H,4,7-8H2,1-3H3. The third kappa shape index (κ3) is 3.04. The fraction of sp³-hybridized carbons (Fsp3) is 0.667. The molecule has 0 fully saturated rings. The number of nitrogens with zero attached hydrogens (tertiary/aromatic N) is 3. The Balaban J connectivity index is 2.72. The minimum absolute atomic E-state index is 0.188. The SMILES string of the molecule is CCCS(=O)(=O)N(C)Cc1nccn1C. The third-order valence-electron chi connectivity index (χ3n) is 2.22. The summed E-state index contributed by atoms with van der Waals surface area (Å²) in [4.78, 5) is 4.09. The van der Waals surface area contributed by atoms with Crippen LogP contribution in [0.25, 0.3) is 0 Å². The van der Waals surface area contributed by atoms with Crippen molar-refractivity contribution in [2.45, 2.75) is 19.9 Å². The molecule has 0 N–H and O–H groups in total. The molecule has 0 unspecified atom stereocenters. The highest BCUT2D eigenvalue weighted by Crippen LogP contribution is 2.06. The lowest BCUT2D eigenvalue weighted by atomic mass is 10.6. The van der Waals surface area contributed by atoms with Crippen LogP contribution in [0.5, 0.6) is 0 Å². The number of aromatic nitrogens is 2. The smallest absolute Gasteiger partial charge is 0.214 e. The Morgan fingerprint density at radius 1 is 1.53 bits per heavy atom. The molecule has 6 heteroatoms. The molecule has 1 aromatic heterocycles. The van der Waals surface area contributed by atoms with E-state index in [0.29, 0.717) is 13.0 Å². The molecule has 0 aromatic carbocycles. The molecule has 15 heavy (non-hydrogen) atoms. The van der Waals surface area contributed by atoms with Gasteiger partial charge >= 0.3 is 0 Å². The van der Waals surface area contributed by atoms with Gasteiger partial charge in [-0.1, -0.05) is 6.92 Å². The van der Waals surface area contributed by atoms with E-state index in [2.05, 4.69) is 4.98 Å². The average molecular weight is 231 g/mol. The first-order valence-corrected chi connectivity index (χ1v) is 6.48. The summed E-state index contributed by atoms with van der Waals surface area (Å²) in [6, 6.07) is 0. The van der Waals surface area contributed by atoms with E-state index in [1.54, 1.807) is 19.4 Å². The van der Waals surface area contributed by atoms with Crippen molar-refractivity contribution in [1.82, 2.24) is 13.9 Å². The molecule has 0 radical (unpaired) electrons. The van der Waals surface area contributed by atoms with Gasteiger partial charge in [-0.15, -0.1) is 0 Å². The maximum Gasteiger partial charge on any atom is 0.214 e. The molecule has 0 aliphatic rings. The molecule has 0 saturated heterocycles. The summed E-state index contributed by atoms with van der Waals surface area (Å²) < 4.78 is 26.5. The van der Waals surface area contributed by atoms with Crippen LogP contribution in [-0.2, 0) is 23.6 Å². The molecule has 0 saturated carbocycles. The maximum absolute atomic E-state index is 11.7. The first kappa shape index (κ1) is 12.2. The van der Waals surface area contributed by atoms with Crippen LogP contribution >= 0.6 is 0 Å². The van der Waals surface area contributed by atoms with Crippen LogP contribution in [0.15, 0.2) is 12.4 Å². The van der Waals surface area contributed by atoms with E-state index in [-0.39, 0.29) is 5.75 Å². The second-order valence-electron chi connectivity index (χ2n) is 3.53. The zero-order valence-corrected chi connectivity index (χ0v) is 10.2. The fourth-order valence-corrected chi connectivity index (χ4v) is 2.40. The minimum Gasteiger partial charge on any atom is -0.337 e. The molecular formula is C9H17N3O2S. The van der Waals surface area contributed by atoms with Gasteiger partial charge in [0.1, 0.15) is 5.82 Å². The van der Waals surface area contributed by atoms with Gasteiger partial charge in [-0.25, -0.2) is 13.4 Å². The van der Waals surface area contributed by atoms with Crippen molar-refractivity contribution in [3.05, 3.63) is 18.2 Å². The van der Waals surface area contributed by atoms with Crippen molar-refractivity contribution < 1.29 is 8.42 Å². The summed E-state index contributed by atoms with van der Waals surface area (Å²) in [5.74, 6) is 0.936. The van der Waals surface area contributed by atoms with Gasteiger partial charge in [0, 0.05) is 26.5 Å². The Morgan fingerprint density at radius 2 is 2.20 bits per heavy atom. The molecule has 0 aliphatic heterocycles. The van der Waals surface area contributed by atoms with E-state index in [4.69, 9.17) is 0 Å². The highest BCUT2D eigenvalue weighted by molar-refractivity contribution is 7.89. The van der Waals surface area contributed by atoms with Gasteiger partial charge in [-0.3, -0.25) is 0 Å². The first-order chi connectivity index (χ1) is 6.97. The van der Waals surface area contributed by atoms with E-state index >= 15 is 0 Å². The van der Waals surface area contributed by atoms with Gasteiger partial charge in [0.05, 0.1) is 12.3 Å². The van der Waals surface area contributed by atoms with Crippen LogP contribution in [0.4, 0.5) is 0 Å². The lowest BCUT2D eigenvalue weighted by Gasteiger charge is -2.16. The summed E-state index contributed by atoms with van der Waals surface area (Å²) in [7, 11) is 0.310. The summed E-state index contributed by atoms with van der Waals surface area (Å²) in [6.07, 6.45) is 4.10. The molecule has 1 rings (SSSR count). The topological polar surface area (TPSA) is 55.2 Å². The van der Waals surface area contributed by atoms with Gasteiger partial charge in [-0.05, 0) is 6.42 Å². The van der Waals surface area contributed by atoms with Gasteiger partial charge in [0.2, 0.25) is 10.0 Å². The number of aryl methyl sites for hydroxylation is 1. The van der Waals surface area contributed by atoms with E-state index in [9.17, 15) is 8.42 Å². The Labute approximate surface area is 90.8 Å². The van der Waals surface area contributed by atoms with Crippen LogP contribution < -0.4 is 0 Å². The summed E-state index contributed by atoms with van der Waals surface area (Å²) in [5, 5.41) is 0. The average Bonchev–Trinajstić information content (AvgIpc) is 2.52. The Morgan fingerprint density at radius 3 is 2.67 bits per heavy atom. The van der Waals surface area contributed by atoms with Crippen molar-refractivity contribution in [3.63, 3.8) is 0 Å². The number of hydrogen-bond donors (Lipinski definition) is 0. The number of sulfonamides is 1. The summed E-state index contributed by atoms with van der Waals surface area (Å²) >= 11 is 0. The highest BCUT2D eigenvalue weighted by atomic mass is 32.2. The third-order valence-corrected chi connectivity index (χ3v) is 4.22. The van der Waals surface area contributed by atoms with Crippen LogP contribution in [0.1, 0.15) is 19.2 Å². The minimum atomic E-state index is -3.12. The van der Waals surface area contributed by atoms with Crippen molar-refractivity contribution in [3.8, 4) is 0 Å². The van der Waals surface area contributed by atoms with Crippen LogP contribution in [0.3, 0.4) is 0 Å². The zero-order valence-electron chi connectivity index (χ0n) is 9.34. The van der Waals surface area contributed by atoms with E-state index in [1.807, 2.05) is 18.5 Å². The molecule has 1 heterocycles. The second kappa shape index (κ2) is 4.76. The summed E-state index contributed by atoms with van der Waals surface area (Å²) in [5.41, 5.74) is 0. The van der Waals surface area contributed by atoms with Gasteiger partial charge < -0.3 is 4.57 Å². The second-order valence-corrected chi connectivity index (χ2v) is 5.72. The van der Waals surface area contributed by atoms with E-state index in [0.717, 1.165) is 5.82 Å². The number of imidazole rings is 1. The van der Waals surface area contributed by atoms with Gasteiger partial charge in [0.25, 0.3) is 0 Å². The zero-order chi connectivity index (χ0) is 11.5. The Bertz CT molecular complexity index is 411. The van der Waals surface area contributed by atoms with Crippen molar-refractivity contribution in [1.29, 1.82) is 0 Å². The lowest BCUT2D eigenvalue weighted by Crippen LogP contribution is -2.29. The van der Waals surface area contributed by atoms with Crippen molar-refractivity contribution in [2.24, 2.45) is 7.05 Å². The fourth-order valence-electron chi connectivity index (χ4n) is 1.26. The number of rotatable bonds is 5. The molecule has 1 aromatic rings. The predicted molar refractivity (Wildman–Crippen MR) is 58.8 cm³/mol. The molecule has 0 bridgehead atoms. The Kier molecular flexibility index (Phi) is 3.87. The summed E-state index contributed by atoms with van der Waals surface area (Å²) in [6.45, 7) is 2.18. The molecule has 0 spiro atoms. The lowest BCUT2D eigenvalue weighted by molar-refractivity contribution is 0.450. The largest absolute Gasteiger partial charge is 0.337 e. The quantitative estimate of drug-likeness (QED) is 0.745. The van der Waals surface area contributed by atoms with Crippen LogP contribution in [0.2, 0.25) is 0 Å². The molecular weight excluding hydrogens is 214 g/mol. The first-order valence-electron chi connectivity index (χ1n) is 4.87. The van der Waals surface area contributed by atoms with E-state index < -0.39 is 10.0 Å². The normalized spacial score (nSPS) is 12.3. The maximum atomic E-state index is 11.7. The number of hydrogen-bond acceptors (Lipinski definition) is 3. The van der Waals surface area contributed by atoms with Gasteiger partial charge in [0.15, 0.2) is 0 Å². The van der Waals surface area contributed by atoms with Gasteiger partial charge in [-0.2, -0.15) is 4.31 Å². The Hall–Kier alpha value is -0.880. The van der Waals surface area contributed by atoms with Crippen LogP contribution in [-0.4, -0.2) is 35.1 Å². The monoisotopic (exact) mass is 231 g/mol. The highest BCUT2D eigenvalue weighted by Gasteiger charge is 2.17. The molecule has 0 atom stereocenters. The molecule has 0 aliphatic carbocycles.